The molecule has 0 saturated heterocycles. The molecule has 4 rings (SSSR count). The van der Waals surface area contributed by atoms with Crippen LogP contribution in [-0.2, 0) is 23.1 Å². The van der Waals surface area contributed by atoms with E-state index in [9.17, 15) is 9.90 Å². The molecule has 2 aliphatic carbocycles. The van der Waals surface area contributed by atoms with Crippen LogP contribution >= 0.6 is 0 Å². The molecule has 0 heterocycles. The fourth-order valence-electron chi connectivity index (χ4n) is 4.97. The standard InChI is InChI=1S/C22H24O3/c1-25-18-9-11-19-16(13-18)6-10-20-21(24)3-2-12-22(19,20)14-15-4-7-17(23)8-5-15/h4-5,7-9,11,13,20,23H,2-3,6,10,12,14H2,1H3/t20?,22-/m1/s1. The largest absolute Gasteiger partial charge is 0.508 e. The number of hydrogen-bond acceptors (Lipinski definition) is 3. The van der Waals surface area contributed by atoms with Crippen molar-refractivity contribution in [2.45, 2.75) is 43.9 Å². The van der Waals surface area contributed by atoms with Crippen LogP contribution in [0.15, 0.2) is 42.5 Å². The van der Waals surface area contributed by atoms with E-state index in [1.165, 1.54) is 16.7 Å². The van der Waals surface area contributed by atoms with Gasteiger partial charge < -0.3 is 9.84 Å². The molecule has 0 bridgehead atoms. The molecule has 1 N–H and O–H groups in total. The van der Waals surface area contributed by atoms with Crippen molar-refractivity contribution in [3.8, 4) is 11.5 Å². The number of ketones is 1. The van der Waals surface area contributed by atoms with Crippen molar-refractivity contribution in [2.75, 3.05) is 7.11 Å². The second-order valence-electron chi connectivity index (χ2n) is 7.43. The van der Waals surface area contributed by atoms with Gasteiger partial charge in [0.05, 0.1) is 7.11 Å². The number of phenols is 1. The van der Waals surface area contributed by atoms with Crippen molar-refractivity contribution in [2.24, 2.45) is 5.92 Å². The Labute approximate surface area is 148 Å². The zero-order valence-electron chi connectivity index (χ0n) is 14.6. The second kappa shape index (κ2) is 6.21. The summed E-state index contributed by atoms with van der Waals surface area (Å²) in [6.07, 6.45) is 5.44. The molecule has 2 aliphatic rings. The van der Waals surface area contributed by atoms with Gasteiger partial charge in [0.25, 0.3) is 0 Å². The maximum absolute atomic E-state index is 12.7. The van der Waals surface area contributed by atoms with Gasteiger partial charge in [0.1, 0.15) is 17.3 Å². The molecule has 25 heavy (non-hydrogen) atoms. The van der Waals surface area contributed by atoms with Crippen LogP contribution in [0.5, 0.6) is 11.5 Å². The molecule has 1 unspecified atom stereocenters. The quantitative estimate of drug-likeness (QED) is 0.914. The molecule has 0 spiro atoms. The van der Waals surface area contributed by atoms with E-state index in [1.54, 1.807) is 19.2 Å². The Kier molecular flexibility index (Phi) is 4.03. The normalized spacial score (nSPS) is 25.2. The molecule has 1 saturated carbocycles. The van der Waals surface area contributed by atoms with E-state index in [4.69, 9.17) is 4.74 Å². The molecule has 2 aromatic carbocycles. The molecule has 1 fully saturated rings. The Morgan fingerprint density at radius 3 is 2.72 bits per heavy atom. The average molecular weight is 336 g/mol. The number of carbonyl (C=O) groups is 1. The summed E-state index contributed by atoms with van der Waals surface area (Å²) in [5, 5.41) is 9.58. The topological polar surface area (TPSA) is 46.5 Å². The number of fused-ring (bicyclic) bond motifs is 3. The van der Waals surface area contributed by atoms with E-state index >= 15 is 0 Å². The summed E-state index contributed by atoms with van der Waals surface area (Å²) in [5.41, 5.74) is 3.71. The van der Waals surface area contributed by atoms with Gasteiger partial charge >= 0.3 is 0 Å². The van der Waals surface area contributed by atoms with Crippen molar-refractivity contribution < 1.29 is 14.6 Å². The molecule has 3 heteroatoms. The van der Waals surface area contributed by atoms with Crippen LogP contribution in [0.4, 0.5) is 0 Å². The summed E-state index contributed by atoms with van der Waals surface area (Å²) >= 11 is 0. The van der Waals surface area contributed by atoms with E-state index in [-0.39, 0.29) is 17.1 Å². The summed E-state index contributed by atoms with van der Waals surface area (Å²) in [7, 11) is 1.70. The minimum Gasteiger partial charge on any atom is -0.508 e. The van der Waals surface area contributed by atoms with Crippen LogP contribution in [-0.4, -0.2) is 18.0 Å². The third-order valence-electron chi connectivity index (χ3n) is 6.11. The van der Waals surface area contributed by atoms with E-state index in [2.05, 4.69) is 12.1 Å². The van der Waals surface area contributed by atoms with Crippen LogP contribution < -0.4 is 4.74 Å². The average Bonchev–Trinajstić information content (AvgIpc) is 2.63. The van der Waals surface area contributed by atoms with Crippen LogP contribution in [0.25, 0.3) is 0 Å². The molecule has 0 aliphatic heterocycles. The minimum absolute atomic E-state index is 0.107. The SMILES string of the molecule is COc1ccc2c(c1)CCC1C(=O)CCC[C@@]21Cc1ccc(O)cc1. The number of benzene rings is 2. The highest BCUT2D eigenvalue weighted by Crippen LogP contribution is 2.51. The van der Waals surface area contributed by atoms with E-state index in [1.807, 2.05) is 18.2 Å². The highest BCUT2D eigenvalue weighted by atomic mass is 16.5. The molecular weight excluding hydrogens is 312 g/mol. The minimum atomic E-state index is -0.119. The van der Waals surface area contributed by atoms with Gasteiger partial charge in [-0.05, 0) is 73.1 Å². The van der Waals surface area contributed by atoms with E-state index in [0.717, 1.165) is 37.9 Å². The van der Waals surface area contributed by atoms with Crippen molar-refractivity contribution in [1.29, 1.82) is 0 Å². The Hall–Kier alpha value is -2.29. The van der Waals surface area contributed by atoms with Gasteiger partial charge in [0.2, 0.25) is 0 Å². The zero-order chi connectivity index (χ0) is 17.4. The third-order valence-corrected chi connectivity index (χ3v) is 6.11. The lowest BCUT2D eigenvalue weighted by molar-refractivity contribution is -0.128. The monoisotopic (exact) mass is 336 g/mol. The Balaban J connectivity index is 1.81. The Morgan fingerprint density at radius 1 is 1.16 bits per heavy atom. The first kappa shape index (κ1) is 16.2. The zero-order valence-corrected chi connectivity index (χ0v) is 14.6. The summed E-state index contributed by atoms with van der Waals surface area (Å²) < 4.78 is 5.41. The highest BCUT2D eigenvalue weighted by Gasteiger charge is 2.49. The molecule has 130 valence electrons. The molecule has 3 nitrogen and oxygen atoms in total. The van der Waals surface area contributed by atoms with Crippen LogP contribution in [0.2, 0.25) is 0 Å². The number of aryl methyl sites for hydroxylation is 1. The number of hydrogen-bond donors (Lipinski definition) is 1. The summed E-state index contributed by atoms with van der Waals surface area (Å²) in [4.78, 5) is 12.7. The van der Waals surface area contributed by atoms with Crippen molar-refractivity contribution in [1.82, 2.24) is 0 Å². The fraction of sp³-hybridized carbons (Fsp3) is 0.409. The fourth-order valence-corrected chi connectivity index (χ4v) is 4.97. The smallest absolute Gasteiger partial charge is 0.136 e. The van der Waals surface area contributed by atoms with Gasteiger partial charge in [-0.15, -0.1) is 0 Å². The molecule has 2 aromatic rings. The molecule has 0 amide bonds. The van der Waals surface area contributed by atoms with Gasteiger partial charge in [-0.25, -0.2) is 0 Å². The predicted molar refractivity (Wildman–Crippen MR) is 97.2 cm³/mol. The molecule has 2 atom stereocenters. The van der Waals surface area contributed by atoms with Crippen LogP contribution in [0.1, 0.15) is 42.4 Å². The summed E-state index contributed by atoms with van der Waals surface area (Å²) in [6.45, 7) is 0. The molecule has 0 aromatic heterocycles. The van der Waals surface area contributed by atoms with Gasteiger partial charge in [-0.1, -0.05) is 18.2 Å². The number of phenolic OH excluding ortho intramolecular Hbond substituents is 1. The van der Waals surface area contributed by atoms with Gasteiger partial charge in [0.15, 0.2) is 0 Å². The summed E-state index contributed by atoms with van der Waals surface area (Å²) in [6, 6.07) is 13.8. The third kappa shape index (κ3) is 2.72. The lowest BCUT2D eigenvalue weighted by atomic mass is 9.55. The predicted octanol–water partition coefficient (Wildman–Crippen LogP) is 4.20. The van der Waals surface area contributed by atoms with Crippen molar-refractivity contribution in [3.05, 3.63) is 59.2 Å². The lowest BCUT2D eigenvalue weighted by Gasteiger charge is -2.48. The first-order chi connectivity index (χ1) is 12.1. The lowest BCUT2D eigenvalue weighted by Crippen LogP contribution is -2.48. The number of Topliss-reactive ketones (excluding diaryl/α,β-unsaturated/α-hetero) is 1. The van der Waals surface area contributed by atoms with Crippen molar-refractivity contribution >= 4 is 5.78 Å². The molecular formula is C22H24O3. The first-order valence-corrected chi connectivity index (χ1v) is 9.10. The van der Waals surface area contributed by atoms with Crippen LogP contribution in [0.3, 0.4) is 0 Å². The highest BCUT2D eigenvalue weighted by molar-refractivity contribution is 5.84. The van der Waals surface area contributed by atoms with Crippen molar-refractivity contribution in [3.63, 3.8) is 0 Å². The number of ether oxygens (including phenoxy) is 1. The Bertz CT molecular complexity index is 793. The number of carbonyl (C=O) groups excluding carboxylic acids is 1. The van der Waals surface area contributed by atoms with E-state index in [0.29, 0.717) is 12.2 Å². The van der Waals surface area contributed by atoms with E-state index < -0.39 is 0 Å². The number of methoxy groups -OCH3 is 1. The molecule has 0 radical (unpaired) electrons. The second-order valence-corrected chi connectivity index (χ2v) is 7.43. The summed E-state index contributed by atoms with van der Waals surface area (Å²) in [5.74, 6) is 1.70. The van der Waals surface area contributed by atoms with Gasteiger partial charge in [-0.3, -0.25) is 4.79 Å². The number of rotatable bonds is 3. The maximum atomic E-state index is 12.7. The number of aromatic hydroxyl groups is 1. The van der Waals surface area contributed by atoms with Gasteiger partial charge in [-0.2, -0.15) is 0 Å². The Morgan fingerprint density at radius 2 is 1.96 bits per heavy atom. The maximum Gasteiger partial charge on any atom is 0.136 e. The first-order valence-electron chi connectivity index (χ1n) is 9.10. The van der Waals surface area contributed by atoms with Crippen LogP contribution in [0, 0.1) is 5.92 Å². The van der Waals surface area contributed by atoms with Gasteiger partial charge in [0, 0.05) is 17.8 Å².